The number of benzene rings is 1. The summed E-state index contributed by atoms with van der Waals surface area (Å²) >= 11 is 1.40. The highest BCUT2D eigenvalue weighted by atomic mass is 32.1. The third-order valence-electron chi connectivity index (χ3n) is 4.78. The maximum absolute atomic E-state index is 12.7. The SMILES string of the molecule is CC(C)c1csc(NC(=O)c2ccccc2OCC(=O)N2CCCCCC2)n1. The summed E-state index contributed by atoms with van der Waals surface area (Å²) in [6.45, 7) is 5.63. The van der Waals surface area contributed by atoms with Crippen molar-refractivity contribution in [1.82, 2.24) is 9.88 Å². The number of amides is 2. The standard InChI is InChI=1S/C21H27N3O3S/c1-15(2)17-14-28-21(22-17)23-20(26)16-9-5-6-10-18(16)27-13-19(25)24-11-7-3-4-8-12-24/h5-6,9-10,14-15H,3-4,7-8,11-13H2,1-2H3,(H,22,23,26). The second kappa shape index (κ2) is 9.68. The Morgan fingerprint density at radius 2 is 1.89 bits per heavy atom. The monoisotopic (exact) mass is 401 g/mol. The second-order valence-corrected chi connectivity index (χ2v) is 8.12. The number of hydrogen-bond donors (Lipinski definition) is 1. The fourth-order valence-electron chi connectivity index (χ4n) is 3.10. The number of carbonyl (C=O) groups is 2. The Balaban J connectivity index is 1.63. The maximum Gasteiger partial charge on any atom is 0.261 e. The number of rotatable bonds is 6. The van der Waals surface area contributed by atoms with Gasteiger partial charge in [0.05, 0.1) is 11.3 Å². The van der Waals surface area contributed by atoms with E-state index in [1.54, 1.807) is 24.3 Å². The normalized spacial score (nSPS) is 14.6. The molecular formula is C21H27N3O3S. The van der Waals surface area contributed by atoms with Gasteiger partial charge in [-0.1, -0.05) is 38.8 Å². The van der Waals surface area contributed by atoms with Gasteiger partial charge < -0.3 is 9.64 Å². The van der Waals surface area contributed by atoms with Crippen LogP contribution in [-0.4, -0.2) is 41.4 Å². The molecule has 1 aliphatic heterocycles. The Kier molecular flexibility index (Phi) is 7.03. The van der Waals surface area contributed by atoms with Crippen molar-refractivity contribution in [2.24, 2.45) is 0 Å². The Labute approximate surface area is 169 Å². The third-order valence-corrected chi connectivity index (χ3v) is 5.55. The molecule has 0 radical (unpaired) electrons. The molecule has 2 aromatic rings. The molecule has 0 unspecified atom stereocenters. The molecule has 28 heavy (non-hydrogen) atoms. The van der Waals surface area contributed by atoms with Gasteiger partial charge in [0.25, 0.3) is 11.8 Å². The zero-order valence-electron chi connectivity index (χ0n) is 16.4. The van der Waals surface area contributed by atoms with Crippen LogP contribution in [0.5, 0.6) is 5.75 Å². The summed E-state index contributed by atoms with van der Waals surface area (Å²) in [6.07, 6.45) is 4.42. The summed E-state index contributed by atoms with van der Waals surface area (Å²) in [5.41, 5.74) is 1.35. The number of carbonyl (C=O) groups excluding carboxylic acids is 2. The minimum absolute atomic E-state index is 0.0291. The first-order valence-electron chi connectivity index (χ1n) is 9.81. The Morgan fingerprint density at radius 3 is 2.57 bits per heavy atom. The van der Waals surface area contributed by atoms with E-state index in [0.29, 0.717) is 22.4 Å². The lowest BCUT2D eigenvalue weighted by atomic mass is 10.2. The molecular weight excluding hydrogens is 374 g/mol. The highest BCUT2D eigenvalue weighted by molar-refractivity contribution is 7.14. The molecule has 6 nitrogen and oxygen atoms in total. The molecule has 150 valence electrons. The molecule has 1 aromatic carbocycles. The van der Waals surface area contributed by atoms with Crippen molar-refractivity contribution in [2.75, 3.05) is 25.0 Å². The van der Waals surface area contributed by atoms with Crippen LogP contribution in [0.15, 0.2) is 29.6 Å². The molecule has 0 saturated carbocycles. The maximum atomic E-state index is 12.7. The van der Waals surface area contributed by atoms with Crippen molar-refractivity contribution in [2.45, 2.75) is 45.4 Å². The minimum Gasteiger partial charge on any atom is -0.483 e. The molecule has 0 aliphatic carbocycles. The van der Waals surface area contributed by atoms with E-state index in [-0.39, 0.29) is 18.4 Å². The van der Waals surface area contributed by atoms with Gasteiger partial charge in [0.15, 0.2) is 11.7 Å². The van der Waals surface area contributed by atoms with E-state index in [1.165, 1.54) is 24.2 Å². The van der Waals surface area contributed by atoms with Gasteiger partial charge in [0.1, 0.15) is 5.75 Å². The number of nitrogens with one attached hydrogen (secondary N) is 1. The molecule has 0 spiro atoms. The topological polar surface area (TPSA) is 71.5 Å². The quantitative estimate of drug-likeness (QED) is 0.783. The molecule has 2 heterocycles. The Bertz CT molecular complexity index is 811. The van der Waals surface area contributed by atoms with Crippen molar-refractivity contribution >= 4 is 28.3 Å². The summed E-state index contributed by atoms with van der Waals surface area (Å²) in [6, 6.07) is 6.98. The Hall–Kier alpha value is -2.41. The summed E-state index contributed by atoms with van der Waals surface area (Å²) in [7, 11) is 0. The first kappa shape index (κ1) is 20.3. The zero-order valence-corrected chi connectivity index (χ0v) is 17.3. The van der Waals surface area contributed by atoms with Crippen LogP contribution in [0.25, 0.3) is 0 Å². The number of likely N-dealkylation sites (tertiary alicyclic amines) is 1. The molecule has 2 amide bonds. The lowest BCUT2D eigenvalue weighted by Crippen LogP contribution is -2.35. The summed E-state index contributed by atoms with van der Waals surface area (Å²) in [4.78, 5) is 31.4. The highest BCUT2D eigenvalue weighted by Crippen LogP contribution is 2.24. The van der Waals surface area contributed by atoms with Crippen molar-refractivity contribution in [3.05, 3.63) is 40.9 Å². The van der Waals surface area contributed by atoms with E-state index in [2.05, 4.69) is 24.1 Å². The van der Waals surface area contributed by atoms with Crippen molar-refractivity contribution in [3.8, 4) is 5.75 Å². The molecule has 3 rings (SSSR count). The van der Waals surface area contributed by atoms with E-state index >= 15 is 0 Å². The number of nitrogens with zero attached hydrogens (tertiary/aromatic N) is 2. The average Bonchev–Trinajstić information content (AvgIpc) is 2.99. The average molecular weight is 402 g/mol. The van der Waals surface area contributed by atoms with E-state index in [4.69, 9.17) is 4.74 Å². The van der Waals surface area contributed by atoms with Crippen LogP contribution in [0.2, 0.25) is 0 Å². The zero-order chi connectivity index (χ0) is 19.9. The van der Waals surface area contributed by atoms with Gasteiger partial charge in [-0.05, 0) is 30.9 Å². The summed E-state index contributed by atoms with van der Waals surface area (Å²) in [5, 5.41) is 5.33. The first-order chi connectivity index (χ1) is 13.5. The molecule has 1 aliphatic rings. The predicted octanol–water partition coefficient (Wildman–Crippen LogP) is 4.30. The van der Waals surface area contributed by atoms with Gasteiger partial charge in [0.2, 0.25) is 0 Å². The van der Waals surface area contributed by atoms with E-state index < -0.39 is 0 Å². The lowest BCUT2D eigenvalue weighted by molar-refractivity contribution is -0.133. The van der Waals surface area contributed by atoms with Gasteiger partial charge in [-0.25, -0.2) is 4.98 Å². The summed E-state index contributed by atoms with van der Waals surface area (Å²) < 4.78 is 5.73. The molecule has 1 aromatic heterocycles. The Morgan fingerprint density at radius 1 is 1.18 bits per heavy atom. The van der Waals surface area contributed by atoms with Crippen LogP contribution >= 0.6 is 11.3 Å². The molecule has 7 heteroatoms. The van der Waals surface area contributed by atoms with Crippen LogP contribution in [-0.2, 0) is 4.79 Å². The molecule has 0 atom stereocenters. The lowest BCUT2D eigenvalue weighted by Gasteiger charge is -2.20. The van der Waals surface area contributed by atoms with E-state index in [0.717, 1.165) is 31.6 Å². The van der Waals surface area contributed by atoms with Gasteiger partial charge in [-0.2, -0.15) is 0 Å². The molecule has 1 fully saturated rings. The predicted molar refractivity (Wildman–Crippen MR) is 111 cm³/mol. The van der Waals surface area contributed by atoms with Crippen molar-refractivity contribution in [1.29, 1.82) is 0 Å². The number of thiazole rings is 1. The van der Waals surface area contributed by atoms with Crippen LogP contribution in [0.1, 0.15) is 61.5 Å². The van der Waals surface area contributed by atoms with Crippen LogP contribution in [0, 0.1) is 0 Å². The second-order valence-electron chi connectivity index (χ2n) is 7.27. The van der Waals surface area contributed by atoms with Crippen LogP contribution < -0.4 is 10.1 Å². The van der Waals surface area contributed by atoms with E-state index in [9.17, 15) is 9.59 Å². The highest BCUT2D eigenvalue weighted by Gasteiger charge is 2.19. The summed E-state index contributed by atoms with van der Waals surface area (Å²) in [5.74, 6) is 0.396. The van der Waals surface area contributed by atoms with Crippen molar-refractivity contribution < 1.29 is 14.3 Å². The number of para-hydroxylation sites is 1. The number of hydrogen-bond acceptors (Lipinski definition) is 5. The third kappa shape index (κ3) is 5.32. The van der Waals surface area contributed by atoms with Crippen molar-refractivity contribution in [3.63, 3.8) is 0 Å². The van der Waals surface area contributed by atoms with E-state index in [1.807, 2.05) is 10.3 Å². The first-order valence-corrected chi connectivity index (χ1v) is 10.7. The number of ether oxygens (including phenoxy) is 1. The largest absolute Gasteiger partial charge is 0.483 e. The van der Waals surface area contributed by atoms with Gasteiger partial charge in [-0.3, -0.25) is 14.9 Å². The van der Waals surface area contributed by atoms with Crippen LogP contribution in [0.4, 0.5) is 5.13 Å². The smallest absolute Gasteiger partial charge is 0.261 e. The fraction of sp³-hybridized carbons (Fsp3) is 0.476. The van der Waals surface area contributed by atoms with Crippen LogP contribution in [0.3, 0.4) is 0 Å². The van der Waals surface area contributed by atoms with Gasteiger partial charge >= 0.3 is 0 Å². The molecule has 1 saturated heterocycles. The minimum atomic E-state index is -0.289. The molecule has 0 bridgehead atoms. The number of aromatic nitrogens is 1. The molecule has 1 N–H and O–H groups in total. The fourth-order valence-corrected chi connectivity index (χ4v) is 3.97. The number of anilines is 1. The van der Waals surface area contributed by atoms with Gasteiger partial charge in [-0.15, -0.1) is 11.3 Å². The van der Waals surface area contributed by atoms with Gasteiger partial charge in [0, 0.05) is 18.5 Å².